The van der Waals surface area contributed by atoms with Crippen molar-refractivity contribution in [3.05, 3.63) is 28.8 Å². The molecule has 0 spiro atoms. The topological polar surface area (TPSA) is 23.5 Å². The normalized spacial score (nSPS) is 12.9. The Morgan fingerprint density at radius 1 is 1.06 bits per heavy atom. The van der Waals surface area contributed by atoms with Gasteiger partial charge in [-0.1, -0.05) is 19.9 Å². The molecule has 1 aromatic carbocycles. The highest BCUT2D eigenvalue weighted by molar-refractivity contribution is 5.56. The van der Waals surface area contributed by atoms with Crippen LogP contribution < -0.4 is 4.90 Å². The second kappa shape index (κ2) is 6.24. The number of nitrogens with zero attached hydrogens (tertiary/aromatic N) is 1. The molecule has 102 valence electrons. The van der Waals surface area contributed by atoms with E-state index in [1.807, 2.05) is 0 Å². The van der Waals surface area contributed by atoms with Gasteiger partial charge in [0.1, 0.15) is 0 Å². The molecular weight excluding hydrogens is 222 g/mol. The molecule has 0 aliphatic heterocycles. The van der Waals surface area contributed by atoms with Crippen molar-refractivity contribution in [3.63, 3.8) is 0 Å². The van der Waals surface area contributed by atoms with Gasteiger partial charge in [-0.3, -0.25) is 0 Å². The molecule has 2 heteroatoms. The third-order valence-corrected chi connectivity index (χ3v) is 3.91. The van der Waals surface area contributed by atoms with E-state index in [0.29, 0.717) is 11.8 Å². The average Bonchev–Trinajstić information content (AvgIpc) is 2.29. The molecule has 0 saturated carbocycles. The van der Waals surface area contributed by atoms with Crippen LogP contribution in [0.15, 0.2) is 12.1 Å². The second-order valence-corrected chi connectivity index (χ2v) is 5.79. The maximum atomic E-state index is 9.43. The smallest absolute Gasteiger partial charge is 0.0478 e. The maximum Gasteiger partial charge on any atom is 0.0478 e. The van der Waals surface area contributed by atoms with Crippen LogP contribution in [0.5, 0.6) is 0 Å². The number of aryl methyl sites for hydroxylation is 3. The molecule has 0 heterocycles. The third-order valence-electron chi connectivity index (χ3n) is 3.91. The monoisotopic (exact) mass is 249 g/mol. The molecule has 1 atom stereocenters. The zero-order valence-corrected chi connectivity index (χ0v) is 12.6. The highest BCUT2D eigenvalue weighted by Crippen LogP contribution is 2.24. The standard InChI is InChI=1S/C16H27NO/c1-11(2)15(10-18)9-17(6)16-8-13(4)12(3)7-14(16)5/h7-8,11,15,18H,9-10H2,1-6H3. The van der Waals surface area contributed by atoms with Crippen LogP contribution in [-0.2, 0) is 0 Å². The van der Waals surface area contributed by atoms with Crippen molar-refractivity contribution >= 4 is 5.69 Å². The molecule has 0 amide bonds. The first-order valence-electron chi connectivity index (χ1n) is 6.76. The van der Waals surface area contributed by atoms with E-state index in [1.54, 1.807) is 0 Å². The summed E-state index contributed by atoms with van der Waals surface area (Å²) in [7, 11) is 2.11. The average molecular weight is 249 g/mol. The Balaban J connectivity index is 2.90. The van der Waals surface area contributed by atoms with E-state index in [1.165, 1.54) is 22.4 Å². The first-order valence-corrected chi connectivity index (χ1v) is 6.76. The minimum atomic E-state index is 0.256. The van der Waals surface area contributed by atoms with Gasteiger partial charge >= 0.3 is 0 Å². The predicted molar refractivity (Wildman–Crippen MR) is 79.3 cm³/mol. The van der Waals surface area contributed by atoms with Gasteiger partial charge in [0.15, 0.2) is 0 Å². The maximum absolute atomic E-state index is 9.43. The van der Waals surface area contributed by atoms with Crippen molar-refractivity contribution in [1.29, 1.82) is 0 Å². The van der Waals surface area contributed by atoms with Gasteiger partial charge in [0, 0.05) is 31.8 Å². The van der Waals surface area contributed by atoms with E-state index < -0.39 is 0 Å². The summed E-state index contributed by atoms with van der Waals surface area (Å²) in [6.45, 7) is 11.9. The molecule has 1 aromatic rings. The molecule has 0 saturated heterocycles. The predicted octanol–water partition coefficient (Wildman–Crippen LogP) is 3.31. The quantitative estimate of drug-likeness (QED) is 0.865. The summed E-state index contributed by atoms with van der Waals surface area (Å²) in [5, 5.41) is 9.43. The van der Waals surface area contributed by atoms with Gasteiger partial charge < -0.3 is 10.0 Å². The highest BCUT2D eigenvalue weighted by atomic mass is 16.3. The van der Waals surface area contributed by atoms with E-state index in [0.717, 1.165) is 6.54 Å². The number of anilines is 1. The number of benzene rings is 1. The Morgan fingerprint density at radius 2 is 1.61 bits per heavy atom. The molecule has 0 fully saturated rings. The van der Waals surface area contributed by atoms with Crippen molar-refractivity contribution < 1.29 is 5.11 Å². The fourth-order valence-electron chi connectivity index (χ4n) is 2.29. The highest BCUT2D eigenvalue weighted by Gasteiger charge is 2.16. The van der Waals surface area contributed by atoms with Crippen LogP contribution in [-0.4, -0.2) is 25.3 Å². The van der Waals surface area contributed by atoms with Crippen LogP contribution in [0, 0.1) is 32.6 Å². The van der Waals surface area contributed by atoms with E-state index in [-0.39, 0.29) is 6.61 Å². The largest absolute Gasteiger partial charge is 0.396 e. The lowest BCUT2D eigenvalue weighted by Gasteiger charge is -2.28. The Bertz CT molecular complexity index is 398. The first kappa shape index (κ1) is 15.0. The molecule has 0 radical (unpaired) electrons. The van der Waals surface area contributed by atoms with Crippen LogP contribution >= 0.6 is 0 Å². The van der Waals surface area contributed by atoms with Crippen molar-refractivity contribution in [2.45, 2.75) is 34.6 Å². The summed E-state index contributed by atoms with van der Waals surface area (Å²) < 4.78 is 0. The number of hydrogen-bond acceptors (Lipinski definition) is 2. The summed E-state index contributed by atoms with van der Waals surface area (Å²) in [5.74, 6) is 0.834. The Labute approximate surface area is 112 Å². The molecule has 0 aromatic heterocycles. The van der Waals surface area contributed by atoms with Gasteiger partial charge in [-0.15, -0.1) is 0 Å². The van der Waals surface area contributed by atoms with Gasteiger partial charge in [0.2, 0.25) is 0 Å². The molecule has 1 N–H and O–H groups in total. The Hall–Kier alpha value is -1.02. The van der Waals surface area contributed by atoms with Gasteiger partial charge in [0.25, 0.3) is 0 Å². The molecule has 2 nitrogen and oxygen atoms in total. The van der Waals surface area contributed by atoms with E-state index >= 15 is 0 Å². The van der Waals surface area contributed by atoms with Crippen molar-refractivity contribution in [2.75, 3.05) is 25.1 Å². The van der Waals surface area contributed by atoms with Gasteiger partial charge in [-0.2, -0.15) is 0 Å². The van der Waals surface area contributed by atoms with Crippen LogP contribution in [0.4, 0.5) is 5.69 Å². The van der Waals surface area contributed by atoms with Crippen molar-refractivity contribution in [1.82, 2.24) is 0 Å². The molecule has 1 rings (SSSR count). The second-order valence-electron chi connectivity index (χ2n) is 5.79. The molecular formula is C16H27NO. The Morgan fingerprint density at radius 3 is 2.11 bits per heavy atom. The summed E-state index contributed by atoms with van der Waals surface area (Å²) in [6, 6.07) is 4.49. The number of aliphatic hydroxyl groups excluding tert-OH is 1. The van der Waals surface area contributed by atoms with Crippen LogP contribution in [0.25, 0.3) is 0 Å². The van der Waals surface area contributed by atoms with Gasteiger partial charge in [0.05, 0.1) is 0 Å². The van der Waals surface area contributed by atoms with Gasteiger partial charge in [-0.25, -0.2) is 0 Å². The summed E-state index contributed by atoms with van der Waals surface area (Å²) in [4.78, 5) is 2.27. The summed E-state index contributed by atoms with van der Waals surface area (Å²) in [6.07, 6.45) is 0. The number of aliphatic hydroxyl groups is 1. The van der Waals surface area contributed by atoms with Crippen LogP contribution in [0.2, 0.25) is 0 Å². The lowest BCUT2D eigenvalue weighted by Crippen LogP contribution is -2.31. The molecule has 18 heavy (non-hydrogen) atoms. The lowest BCUT2D eigenvalue weighted by molar-refractivity contribution is 0.193. The van der Waals surface area contributed by atoms with Crippen LogP contribution in [0.1, 0.15) is 30.5 Å². The summed E-state index contributed by atoms with van der Waals surface area (Å²) in [5.41, 5.74) is 5.25. The van der Waals surface area contributed by atoms with Gasteiger partial charge in [-0.05, 0) is 49.4 Å². The molecule has 0 bridgehead atoms. The SMILES string of the molecule is Cc1cc(C)c(N(C)CC(CO)C(C)C)cc1C. The van der Waals surface area contributed by atoms with E-state index in [4.69, 9.17) is 0 Å². The van der Waals surface area contributed by atoms with Crippen molar-refractivity contribution in [3.8, 4) is 0 Å². The zero-order valence-electron chi connectivity index (χ0n) is 12.6. The lowest BCUT2D eigenvalue weighted by atomic mass is 9.95. The summed E-state index contributed by atoms with van der Waals surface area (Å²) >= 11 is 0. The molecule has 0 aliphatic rings. The molecule has 1 unspecified atom stereocenters. The van der Waals surface area contributed by atoms with Crippen LogP contribution in [0.3, 0.4) is 0 Å². The minimum absolute atomic E-state index is 0.256. The fraction of sp³-hybridized carbons (Fsp3) is 0.625. The Kier molecular flexibility index (Phi) is 5.21. The minimum Gasteiger partial charge on any atom is -0.396 e. The van der Waals surface area contributed by atoms with E-state index in [2.05, 4.69) is 58.7 Å². The first-order chi connectivity index (χ1) is 8.36. The fourth-order valence-corrected chi connectivity index (χ4v) is 2.29. The van der Waals surface area contributed by atoms with E-state index in [9.17, 15) is 5.11 Å². The number of hydrogen-bond donors (Lipinski definition) is 1. The zero-order chi connectivity index (χ0) is 13.9. The number of rotatable bonds is 5. The third kappa shape index (κ3) is 3.49. The van der Waals surface area contributed by atoms with Crippen molar-refractivity contribution in [2.24, 2.45) is 11.8 Å². The molecule has 0 aliphatic carbocycles.